The fourth-order valence-corrected chi connectivity index (χ4v) is 3.39. The third kappa shape index (κ3) is 4.67. The standard InChI is InChI=1S/C19H23N5O6/c1-29-14-7-12(8-15(9-14)30-2)10-20-17-16(24(27)28)18(22-11-21-17)23-5-3-13(4-6-23)19(25)26/h7-9,11,13H,3-6,10H2,1-2H3,(H,25,26)(H,20,21,22). The van der Waals surface area contributed by atoms with E-state index in [9.17, 15) is 14.9 Å². The van der Waals surface area contributed by atoms with Crippen molar-refractivity contribution < 1.29 is 24.3 Å². The Morgan fingerprint density at radius 1 is 1.23 bits per heavy atom. The molecule has 0 radical (unpaired) electrons. The minimum atomic E-state index is -0.845. The van der Waals surface area contributed by atoms with Crippen molar-refractivity contribution in [2.75, 3.05) is 37.5 Å². The van der Waals surface area contributed by atoms with E-state index in [1.807, 2.05) is 0 Å². The maximum Gasteiger partial charge on any atom is 0.353 e. The van der Waals surface area contributed by atoms with Gasteiger partial charge in [-0.15, -0.1) is 0 Å². The number of ether oxygens (including phenoxy) is 2. The Morgan fingerprint density at radius 3 is 2.40 bits per heavy atom. The van der Waals surface area contributed by atoms with E-state index >= 15 is 0 Å². The minimum absolute atomic E-state index is 0.0899. The number of hydrogen-bond donors (Lipinski definition) is 2. The van der Waals surface area contributed by atoms with Gasteiger partial charge in [0.1, 0.15) is 17.8 Å². The van der Waals surface area contributed by atoms with Gasteiger partial charge in [-0.05, 0) is 30.5 Å². The molecule has 3 rings (SSSR count). The van der Waals surface area contributed by atoms with Crippen molar-refractivity contribution in [3.8, 4) is 11.5 Å². The second kappa shape index (κ2) is 9.25. The number of hydrogen-bond acceptors (Lipinski definition) is 9. The van der Waals surface area contributed by atoms with Gasteiger partial charge in [0.25, 0.3) is 0 Å². The Labute approximate surface area is 172 Å². The summed E-state index contributed by atoms with van der Waals surface area (Å²) >= 11 is 0. The Hall–Kier alpha value is -3.63. The number of rotatable bonds is 8. The van der Waals surface area contributed by atoms with E-state index < -0.39 is 16.8 Å². The van der Waals surface area contributed by atoms with Crippen molar-refractivity contribution in [3.05, 3.63) is 40.2 Å². The Bertz CT molecular complexity index is 907. The minimum Gasteiger partial charge on any atom is -0.497 e. The first-order chi connectivity index (χ1) is 14.4. The maximum atomic E-state index is 11.8. The molecule has 2 heterocycles. The number of methoxy groups -OCH3 is 2. The average molecular weight is 417 g/mol. The summed E-state index contributed by atoms with van der Waals surface area (Å²) in [5, 5.41) is 23.9. The summed E-state index contributed by atoms with van der Waals surface area (Å²) in [6, 6.07) is 5.32. The van der Waals surface area contributed by atoms with Crippen LogP contribution in [0.1, 0.15) is 18.4 Å². The fourth-order valence-electron chi connectivity index (χ4n) is 3.39. The van der Waals surface area contributed by atoms with Gasteiger partial charge in [0, 0.05) is 25.7 Å². The van der Waals surface area contributed by atoms with Gasteiger partial charge in [0.15, 0.2) is 0 Å². The third-order valence-corrected chi connectivity index (χ3v) is 5.00. The molecule has 1 aliphatic rings. The van der Waals surface area contributed by atoms with E-state index in [1.165, 1.54) is 6.33 Å². The van der Waals surface area contributed by atoms with Crippen LogP contribution in [0.15, 0.2) is 24.5 Å². The number of nitrogens with zero attached hydrogens (tertiary/aromatic N) is 4. The molecule has 160 valence electrons. The van der Waals surface area contributed by atoms with Gasteiger partial charge >= 0.3 is 11.7 Å². The molecule has 0 bridgehead atoms. The Morgan fingerprint density at radius 2 is 1.87 bits per heavy atom. The normalized spacial score (nSPS) is 14.3. The first-order valence-electron chi connectivity index (χ1n) is 9.36. The quantitative estimate of drug-likeness (QED) is 0.485. The Balaban J connectivity index is 1.82. The largest absolute Gasteiger partial charge is 0.497 e. The molecule has 0 aliphatic carbocycles. The molecular weight excluding hydrogens is 394 g/mol. The predicted molar refractivity (Wildman–Crippen MR) is 108 cm³/mol. The topological polar surface area (TPSA) is 140 Å². The van der Waals surface area contributed by atoms with Crippen molar-refractivity contribution in [2.45, 2.75) is 19.4 Å². The van der Waals surface area contributed by atoms with Crippen molar-refractivity contribution in [1.29, 1.82) is 0 Å². The number of carbonyl (C=O) groups is 1. The fraction of sp³-hybridized carbons (Fsp3) is 0.421. The molecule has 1 fully saturated rings. The first kappa shape index (κ1) is 21.1. The molecule has 1 saturated heterocycles. The van der Waals surface area contributed by atoms with Crippen LogP contribution in [0, 0.1) is 16.0 Å². The van der Waals surface area contributed by atoms with Gasteiger partial charge in [-0.1, -0.05) is 0 Å². The molecule has 1 aromatic carbocycles. The van der Waals surface area contributed by atoms with Crippen LogP contribution in [0.25, 0.3) is 0 Å². The molecular formula is C19H23N5O6. The van der Waals surface area contributed by atoms with E-state index in [2.05, 4.69) is 15.3 Å². The number of anilines is 2. The lowest BCUT2D eigenvalue weighted by Gasteiger charge is -2.30. The Kier molecular flexibility index (Phi) is 6.50. The van der Waals surface area contributed by atoms with Crippen LogP contribution < -0.4 is 19.7 Å². The van der Waals surface area contributed by atoms with Gasteiger partial charge in [-0.3, -0.25) is 14.9 Å². The summed E-state index contributed by atoms with van der Waals surface area (Å²) < 4.78 is 10.5. The molecule has 11 nitrogen and oxygen atoms in total. The van der Waals surface area contributed by atoms with Crippen LogP contribution in [0.5, 0.6) is 11.5 Å². The average Bonchev–Trinajstić information content (AvgIpc) is 2.76. The highest BCUT2D eigenvalue weighted by molar-refractivity contribution is 5.72. The van der Waals surface area contributed by atoms with Gasteiger partial charge in [0.05, 0.1) is 25.1 Å². The molecule has 11 heteroatoms. The van der Waals surface area contributed by atoms with E-state index in [0.29, 0.717) is 37.4 Å². The second-order valence-electron chi connectivity index (χ2n) is 6.83. The number of nitrogens with one attached hydrogen (secondary N) is 1. The van der Waals surface area contributed by atoms with E-state index in [1.54, 1.807) is 37.3 Å². The highest BCUT2D eigenvalue weighted by Gasteiger charge is 2.31. The molecule has 0 atom stereocenters. The van der Waals surface area contributed by atoms with Crippen LogP contribution in [-0.4, -0.2) is 53.3 Å². The number of carboxylic acids is 1. The number of piperidine rings is 1. The first-order valence-corrected chi connectivity index (χ1v) is 9.36. The molecule has 0 amide bonds. The summed E-state index contributed by atoms with van der Waals surface area (Å²) in [6.07, 6.45) is 2.08. The number of aliphatic carboxylic acids is 1. The lowest BCUT2D eigenvalue weighted by molar-refractivity contribution is -0.383. The second-order valence-corrected chi connectivity index (χ2v) is 6.83. The van der Waals surface area contributed by atoms with Crippen molar-refractivity contribution in [1.82, 2.24) is 9.97 Å². The zero-order valence-electron chi connectivity index (χ0n) is 16.7. The van der Waals surface area contributed by atoms with E-state index in [-0.39, 0.29) is 23.9 Å². The maximum absolute atomic E-state index is 11.8. The van der Waals surface area contributed by atoms with Gasteiger partial charge < -0.3 is 24.8 Å². The van der Waals surface area contributed by atoms with Gasteiger partial charge in [-0.25, -0.2) is 9.97 Å². The lowest BCUT2D eigenvalue weighted by Crippen LogP contribution is -2.37. The molecule has 0 saturated carbocycles. The SMILES string of the molecule is COc1cc(CNc2ncnc(N3CCC(C(=O)O)CC3)c2[N+](=O)[O-])cc(OC)c1. The van der Waals surface area contributed by atoms with Crippen LogP contribution in [0.3, 0.4) is 0 Å². The molecule has 2 aromatic rings. The third-order valence-electron chi connectivity index (χ3n) is 5.00. The summed E-state index contributed by atoms with van der Waals surface area (Å²) in [5.41, 5.74) is 0.559. The summed E-state index contributed by atoms with van der Waals surface area (Å²) in [5.74, 6) is 0.193. The van der Waals surface area contributed by atoms with Crippen molar-refractivity contribution in [3.63, 3.8) is 0 Å². The lowest BCUT2D eigenvalue weighted by atomic mass is 9.97. The van der Waals surface area contributed by atoms with Crippen LogP contribution >= 0.6 is 0 Å². The molecule has 1 aromatic heterocycles. The summed E-state index contributed by atoms with van der Waals surface area (Å²) in [6.45, 7) is 1.01. The van der Waals surface area contributed by atoms with Crippen LogP contribution in [-0.2, 0) is 11.3 Å². The molecule has 0 unspecified atom stereocenters. The van der Waals surface area contributed by atoms with Crippen LogP contribution in [0.4, 0.5) is 17.3 Å². The molecule has 0 spiro atoms. The molecule has 2 N–H and O–H groups in total. The van der Waals surface area contributed by atoms with Crippen LogP contribution in [0.2, 0.25) is 0 Å². The highest BCUT2D eigenvalue weighted by Crippen LogP contribution is 2.34. The smallest absolute Gasteiger partial charge is 0.353 e. The van der Waals surface area contributed by atoms with E-state index in [0.717, 1.165) is 5.56 Å². The zero-order chi connectivity index (χ0) is 21.7. The summed E-state index contributed by atoms with van der Waals surface area (Å²) in [7, 11) is 3.09. The number of carboxylic acid groups (broad SMARTS) is 1. The molecule has 30 heavy (non-hydrogen) atoms. The predicted octanol–water partition coefficient (Wildman–Crippen LogP) is 2.32. The molecule has 1 aliphatic heterocycles. The number of nitro groups is 1. The highest BCUT2D eigenvalue weighted by atomic mass is 16.6. The number of benzene rings is 1. The number of aromatic nitrogens is 2. The monoisotopic (exact) mass is 417 g/mol. The van der Waals surface area contributed by atoms with E-state index in [4.69, 9.17) is 14.6 Å². The van der Waals surface area contributed by atoms with Crippen molar-refractivity contribution in [2.24, 2.45) is 5.92 Å². The zero-order valence-corrected chi connectivity index (χ0v) is 16.7. The van der Waals surface area contributed by atoms with Gasteiger partial charge in [-0.2, -0.15) is 0 Å². The summed E-state index contributed by atoms with van der Waals surface area (Å²) in [4.78, 5) is 32.3. The van der Waals surface area contributed by atoms with Crippen molar-refractivity contribution >= 4 is 23.3 Å². The van der Waals surface area contributed by atoms with Gasteiger partial charge in [0.2, 0.25) is 11.6 Å².